The third-order valence-corrected chi connectivity index (χ3v) is 3.21. The molecule has 0 heterocycles. The van der Waals surface area contributed by atoms with Crippen molar-refractivity contribution in [3.05, 3.63) is 35.9 Å². The highest BCUT2D eigenvalue weighted by molar-refractivity contribution is 5.80. The van der Waals surface area contributed by atoms with Crippen LogP contribution in [-0.2, 0) is 40.1 Å². The molecule has 0 saturated heterocycles. The van der Waals surface area contributed by atoms with Gasteiger partial charge in [-0.15, -0.1) is 0 Å². The summed E-state index contributed by atoms with van der Waals surface area (Å²) in [6, 6.07) is 9.48. The van der Waals surface area contributed by atoms with Crippen LogP contribution in [0.4, 0.5) is 0 Å². The van der Waals surface area contributed by atoms with Crippen LogP contribution in [0, 0.1) is 0 Å². The maximum atomic E-state index is 11.5. The van der Waals surface area contributed by atoms with Crippen LogP contribution in [0.1, 0.15) is 72.8 Å². The molecular weight excluding hydrogens is 418 g/mol. The first kappa shape index (κ1) is 29.1. The van der Waals surface area contributed by atoms with Crippen LogP contribution in [0.5, 0.6) is 0 Å². The van der Waals surface area contributed by atoms with Gasteiger partial charge in [-0.1, -0.05) is 30.3 Å². The second-order valence-electron chi connectivity index (χ2n) is 8.87. The minimum atomic E-state index is -0.985. The Morgan fingerprint density at radius 1 is 0.781 bits per heavy atom. The van der Waals surface area contributed by atoms with E-state index in [1.165, 1.54) is 0 Å². The summed E-state index contributed by atoms with van der Waals surface area (Å²) in [7, 11) is 0. The minimum Gasteiger partial charge on any atom is -0.481 e. The van der Waals surface area contributed by atoms with Crippen molar-refractivity contribution in [1.29, 1.82) is 0 Å². The Morgan fingerprint density at radius 2 is 1.25 bits per heavy atom. The number of aliphatic carboxylic acids is 1. The molecule has 1 rings (SSSR count). The number of amides is 1. The molecule has 9 heteroatoms. The number of rotatable bonds is 9. The second-order valence-corrected chi connectivity index (χ2v) is 8.87. The van der Waals surface area contributed by atoms with Gasteiger partial charge in [-0.3, -0.25) is 24.0 Å². The van der Waals surface area contributed by atoms with Gasteiger partial charge in [0.2, 0.25) is 5.91 Å². The van der Waals surface area contributed by atoms with Gasteiger partial charge >= 0.3 is 17.9 Å². The summed E-state index contributed by atoms with van der Waals surface area (Å²) in [4.78, 5) is 48.9. The standard InChI is InChI=1S/C15H21NO4.C8H14O4/c1-15(2,3)20-14(18)10-9-13(17)16-19-11-12-7-5-4-6-8-12;1-8(2,3)12-7(11)5-4-6(9)10/h4-8H,9-11H2,1-3H3,(H,16,17);4-5H2,1-3H3,(H,9,10). The van der Waals surface area contributed by atoms with Crippen LogP contribution < -0.4 is 5.48 Å². The third kappa shape index (κ3) is 19.0. The smallest absolute Gasteiger partial charge is 0.306 e. The van der Waals surface area contributed by atoms with Gasteiger partial charge in [-0.2, -0.15) is 0 Å². The van der Waals surface area contributed by atoms with E-state index < -0.39 is 29.1 Å². The van der Waals surface area contributed by atoms with Crippen LogP contribution in [0.3, 0.4) is 0 Å². The van der Waals surface area contributed by atoms with Crippen LogP contribution in [0.25, 0.3) is 0 Å². The van der Waals surface area contributed by atoms with Crippen molar-refractivity contribution >= 4 is 23.8 Å². The number of carbonyl (C=O) groups is 4. The van der Waals surface area contributed by atoms with Gasteiger partial charge in [-0.05, 0) is 47.1 Å². The summed E-state index contributed by atoms with van der Waals surface area (Å²) >= 11 is 0. The van der Waals surface area contributed by atoms with Crippen molar-refractivity contribution in [2.45, 2.75) is 85.0 Å². The van der Waals surface area contributed by atoms with Gasteiger partial charge < -0.3 is 14.6 Å². The van der Waals surface area contributed by atoms with E-state index in [9.17, 15) is 19.2 Å². The predicted octanol–water partition coefficient (Wildman–Crippen LogP) is 3.55. The molecule has 32 heavy (non-hydrogen) atoms. The van der Waals surface area contributed by atoms with Gasteiger partial charge in [0.25, 0.3) is 0 Å². The molecule has 0 atom stereocenters. The molecule has 0 bridgehead atoms. The molecule has 0 aliphatic rings. The van der Waals surface area contributed by atoms with E-state index in [4.69, 9.17) is 19.4 Å². The zero-order valence-corrected chi connectivity index (χ0v) is 19.7. The lowest BCUT2D eigenvalue weighted by Crippen LogP contribution is -2.27. The topological polar surface area (TPSA) is 128 Å². The van der Waals surface area contributed by atoms with E-state index >= 15 is 0 Å². The van der Waals surface area contributed by atoms with Crippen molar-refractivity contribution in [2.24, 2.45) is 0 Å². The molecular formula is C23H35NO8. The molecule has 9 nitrogen and oxygen atoms in total. The molecule has 0 radical (unpaired) electrons. The second kappa shape index (κ2) is 14.2. The Hall–Kier alpha value is -2.94. The maximum Gasteiger partial charge on any atom is 0.306 e. The van der Waals surface area contributed by atoms with E-state index in [2.05, 4.69) is 5.48 Å². The quantitative estimate of drug-likeness (QED) is 0.429. The first-order valence-corrected chi connectivity index (χ1v) is 10.3. The van der Waals surface area contributed by atoms with Crippen molar-refractivity contribution < 1.29 is 38.6 Å². The van der Waals surface area contributed by atoms with Crippen molar-refractivity contribution in [3.8, 4) is 0 Å². The summed E-state index contributed by atoms with van der Waals surface area (Å²) in [5.74, 6) is -2.19. The normalized spacial score (nSPS) is 10.9. The van der Waals surface area contributed by atoms with Gasteiger partial charge in [0.05, 0.1) is 25.9 Å². The first-order chi connectivity index (χ1) is 14.7. The summed E-state index contributed by atoms with van der Waals surface area (Å²) in [5.41, 5.74) is 2.20. The fourth-order valence-electron chi connectivity index (χ4n) is 2.03. The number of carboxylic acids is 1. The predicted molar refractivity (Wildman–Crippen MR) is 117 cm³/mol. The number of benzene rings is 1. The van der Waals surface area contributed by atoms with Crippen LogP contribution in [0.2, 0.25) is 0 Å². The molecule has 1 aromatic carbocycles. The Balaban J connectivity index is 0.000000687. The molecule has 0 spiro atoms. The fourth-order valence-corrected chi connectivity index (χ4v) is 2.03. The highest BCUT2D eigenvalue weighted by Gasteiger charge is 2.17. The molecule has 180 valence electrons. The lowest BCUT2D eigenvalue weighted by molar-refractivity contribution is -0.157. The number of esters is 2. The number of hydrogen-bond donors (Lipinski definition) is 2. The molecule has 2 N–H and O–H groups in total. The lowest BCUT2D eigenvalue weighted by atomic mass is 10.2. The minimum absolute atomic E-state index is 0.0395. The van der Waals surface area contributed by atoms with E-state index in [0.717, 1.165) is 5.56 Å². The molecule has 0 aliphatic carbocycles. The number of hydroxylamine groups is 1. The third-order valence-electron chi connectivity index (χ3n) is 3.21. The molecule has 0 aliphatic heterocycles. The van der Waals surface area contributed by atoms with Gasteiger partial charge in [0.15, 0.2) is 0 Å². The monoisotopic (exact) mass is 453 g/mol. The van der Waals surface area contributed by atoms with E-state index in [-0.39, 0.29) is 31.6 Å². The van der Waals surface area contributed by atoms with Crippen molar-refractivity contribution in [3.63, 3.8) is 0 Å². The zero-order valence-electron chi connectivity index (χ0n) is 19.7. The van der Waals surface area contributed by atoms with Crippen LogP contribution in [0.15, 0.2) is 30.3 Å². The Morgan fingerprint density at radius 3 is 1.69 bits per heavy atom. The fraction of sp³-hybridized carbons (Fsp3) is 0.565. The average molecular weight is 454 g/mol. The Kier molecular flexibility index (Phi) is 12.9. The number of nitrogens with one attached hydrogen (secondary N) is 1. The Bertz CT molecular complexity index is 733. The first-order valence-electron chi connectivity index (χ1n) is 10.3. The van der Waals surface area contributed by atoms with E-state index in [1.807, 2.05) is 30.3 Å². The van der Waals surface area contributed by atoms with E-state index in [0.29, 0.717) is 6.61 Å². The van der Waals surface area contributed by atoms with Gasteiger partial charge in [-0.25, -0.2) is 5.48 Å². The van der Waals surface area contributed by atoms with Gasteiger partial charge in [0, 0.05) is 6.42 Å². The van der Waals surface area contributed by atoms with Crippen LogP contribution >= 0.6 is 0 Å². The molecule has 0 fully saturated rings. The largest absolute Gasteiger partial charge is 0.481 e. The summed E-state index contributed by atoms with van der Waals surface area (Å²) < 4.78 is 9.99. The Labute approximate surface area is 189 Å². The maximum absolute atomic E-state index is 11.5. The van der Waals surface area contributed by atoms with Crippen molar-refractivity contribution in [2.75, 3.05) is 0 Å². The highest BCUT2D eigenvalue weighted by atomic mass is 16.6. The number of carbonyl (C=O) groups excluding carboxylic acids is 3. The SMILES string of the molecule is CC(C)(C)OC(=O)CCC(=O)NOCc1ccccc1.CC(C)(C)OC(=O)CCC(=O)O. The number of ether oxygens (including phenoxy) is 2. The highest BCUT2D eigenvalue weighted by Crippen LogP contribution is 2.09. The molecule has 1 aromatic rings. The number of carboxylic acid groups (broad SMARTS) is 1. The van der Waals surface area contributed by atoms with Crippen LogP contribution in [-0.4, -0.2) is 40.1 Å². The average Bonchev–Trinajstić information content (AvgIpc) is 2.63. The van der Waals surface area contributed by atoms with Gasteiger partial charge in [0.1, 0.15) is 11.2 Å². The zero-order chi connectivity index (χ0) is 24.8. The van der Waals surface area contributed by atoms with Crippen molar-refractivity contribution in [1.82, 2.24) is 5.48 Å². The molecule has 0 aromatic heterocycles. The van der Waals surface area contributed by atoms with E-state index in [1.54, 1.807) is 41.5 Å². The summed E-state index contributed by atoms with van der Waals surface area (Å²) in [5, 5.41) is 8.25. The molecule has 1 amide bonds. The molecule has 0 unspecified atom stereocenters. The number of hydrogen-bond acceptors (Lipinski definition) is 7. The molecule has 0 saturated carbocycles. The summed E-state index contributed by atoms with van der Waals surface area (Å²) in [6.45, 7) is 10.9. The summed E-state index contributed by atoms with van der Waals surface area (Å²) in [6.07, 6.45) is -0.150. The lowest BCUT2D eigenvalue weighted by Gasteiger charge is -2.19.